The van der Waals surface area contributed by atoms with E-state index in [0.29, 0.717) is 0 Å². The van der Waals surface area contributed by atoms with E-state index in [1.54, 1.807) is 0 Å². The summed E-state index contributed by atoms with van der Waals surface area (Å²) in [5.74, 6) is -0.0204. The Kier molecular flexibility index (Phi) is 5.41. The molecule has 0 spiro atoms. The molecule has 0 aliphatic heterocycles. The van der Waals surface area contributed by atoms with Gasteiger partial charge in [-0.1, -0.05) is 77.9 Å². The number of hydrogen-bond acceptors (Lipinski definition) is 1. The van der Waals surface area contributed by atoms with E-state index in [-0.39, 0.29) is 22.8 Å². The maximum Gasteiger partial charge on any atom is 0.251 e. The van der Waals surface area contributed by atoms with Crippen molar-refractivity contribution in [2.75, 3.05) is 0 Å². The van der Waals surface area contributed by atoms with Crippen LogP contribution in [0.15, 0.2) is 48.5 Å². The van der Waals surface area contributed by atoms with Crippen molar-refractivity contribution in [3.05, 3.63) is 70.8 Å². The predicted octanol–water partition coefficient (Wildman–Crippen LogP) is 5.77. The van der Waals surface area contributed by atoms with Crippen LogP contribution in [0.4, 0.5) is 0 Å². The lowest BCUT2D eigenvalue weighted by Crippen LogP contribution is -2.28. The van der Waals surface area contributed by atoms with Crippen molar-refractivity contribution in [2.24, 2.45) is 0 Å². The van der Waals surface area contributed by atoms with Gasteiger partial charge >= 0.3 is 0 Å². The summed E-state index contributed by atoms with van der Waals surface area (Å²) in [6.07, 6.45) is 0. The molecule has 0 aliphatic carbocycles. The Morgan fingerprint density at radius 2 is 1.32 bits per heavy atom. The lowest BCUT2D eigenvalue weighted by atomic mass is 9.79. The molecule has 25 heavy (non-hydrogen) atoms. The fourth-order valence-corrected chi connectivity index (χ4v) is 2.73. The van der Waals surface area contributed by atoms with Crippen LogP contribution >= 0.6 is 0 Å². The van der Waals surface area contributed by atoms with Gasteiger partial charge in [-0.3, -0.25) is 4.79 Å². The second kappa shape index (κ2) is 7.03. The highest BCUT2D eigenvalue weighted by molar-refractivity contribution is 5.95. The van der Waals surface area contributed by atoms with E-state index in [2.05, 4.69) is 52.9 Å². The van der Waals surface area contributed by atoms with E-state index < -0.39 is 0 Å². The summed E-state index contributed by atoms with van der Waals surface area (Å²) in [6.45, 7) is 15.1. The zero-order valence-electron chi connectivity index (χ0n) is 16.6. The number of rotatable bonds is 3. The molecule has 0 heterocycles. The summed E-state index contributed by atoms with van der Waals surface area (Å²) in [5.41, 5.74) is 4.23. The largest absolute Gasteiger partial charge is 0.346 e. The molecular formula is C23H31NO. The highest BCUT2D eigenvalue weighted by atomic mass is 16.1. The SMILES string of the molecule is CC(NC(=O)c1cc(C(C)(C)C)cc(C(C)(C)C)c1)c1ccccc1. The summed E-state index contributed by atoms with van der Waals surface area (Å²) in [6, 6.07) is 16.3. The Balaban J connectivity index is 2.35. The Hall–Kier alpha value is -2.09. The molecule has 1 amide bonds. The number of carbonyl (C=O) groups excluding carboxylic acids is 1. The van der Waals surface area contributed by atoms with Crippen LogP contribution in [0.1, 0.15) is 81.6 Å². The van der Waals surface area contributed by atoms with Gasteiger partial charge in [-0.2, -0.15) is 0 Å². The van der Waals surface area contributed by atoms with Crippen LogP contribution in [0.3, 0.4) is 0 Å². The van der Waals surface area contributed by atoms with E-state index in [1.165, 1.54) is 11.1 Å². The summed E-state index contributed by atoms with van der Waals surface area (Å²) in [7, 11) is 0. The van der Waals surface area contributed by atoms with E-state index in [9.17, 15) is 4.79 Å². The monoisotopic (exact) mass is 337 g/mol. The molecule has 2 aromatic rings. The van der Waals surface area contributed by atoms with Crippen LogP contribution < -0.4 is 5.32 Å². The van der Waals surface area contributed by atoms with Crippen molar-refractivity contribution in [1.82, 2.24) is 5.32 Å². The summed E-state index contributed by atoms with van der Waals surface area (Å²) in [5, 5.41) is 3.13. The third kappa shape index (κ3) is 4.94. The van der Waals surface area contributed by atoms with Gasteiger partial charge in [0.25, 0.3) is 5.91 Å². The second-order valence-corrected chi connectivity index (χ2v) is 8.90. The minimum Gasteiger partial charge on any atom is -0.346 e. The Bertz CT molecular complexity index is 701. The van der Waals surface area contributed by atoms with E-state index in [1.807, 2.05) is 49.4 Å². The van der Waals surface area contributed by atoms with Crippen molar-refractivity contribution in [3.8, 4) is 0 Å². The van der Waals surface area contributed by atoms with E-state index in [0.717, 1.165) is 11.1 Å². The predicted molar refractivity (Wildman–Crippen MR) is 106 cm³/mol. The van der Waals surface area contributed by atoms with Gasteiger partial charge in [0, 0.05) is 5.56 Å². The van der Waals surface area contributed by atoms with Gasteiger partial charge in [-0.25, -0.2) is 0 Å². The highest BCUT2D eigenvalue weighted by Gasteiger charge is 2.22. The Morgan fingerprint density at radius 1 is 0.840 bits per heavy atom. The minimum atomic E-state index is -0.0231. The van der Waals surface area contributed by atoms with Crippen molar-refractivity contribution < 1.29 is 4.79 Å². The molecule has 0 saturated carbocycles. The number of amides is 1. The van der Waals surface area contributed by atoms with Gasteiger partial charge in [0.15, 0.2) is 0 Å². The van der Waals surface area contributed by atoms with Gasteiger partial charge < -0.3 is 5.32 Å². The van der Waals surface area contributed by atoms with Gasteiger partial charge in [0.05, 0.1) is 6.04 Å². The molecule has 0 saturated heterocycles. The van der Waals surface area contributed by atoms with Crippen LogP contribution in [0, 0.1) is 0 Å². The molecule has 0 aromatic heterocycles. The molecule has 1 N–H and O–H groups in total. The van der Waals surface area contributed by atoms with E-state index in [4.69, 9.17) is 0 Å². The van der Waals surface area contributed by atoms with Crippen LogP contribution in [-0.4, -0.2) is 5.91 Å². The lowest BCUT2D eigenvalue weighted by molar-refractivity contribution is 0.0939. The number of hydrogen-bond donors (Lipinski definition) is 1. The average Bonchev–Trinajstić information content (AvgIpc) is 2.53. The molecule has 2 nitrogen and oxygen atoms in total. The van der Waals surface area contributed by atoms with Crippen LogP contribution in [0.2, 0.25) is 0 Å². The molecule has 2 rings (SSSR count). The smallest absolute Gasteiger partial charge is 0.251 e. The average molecular weight is 338 g/mol. The maximum atomic E-state index is 12.9. The fourth-order valence-electron chi connectivity index (χ4n) is 2.73. The van der Waals surface area contributed by atoms with E-state index >= 15 is 0 Å². The first-order valence-corrected chi connectivity index (χ1v) is 9.00. The molecule has 1 atom stereocenters. The molecule has 134 valence electrons. The molecule has 2 aromatic carbocycles. The topological polar surface area (TPSA) is 29.1 Å². The third-order valence-electron chi connectivity index (χ3n) is 4.57. The van der Waals surface area contributed by atoms with Crippen molar-refractivity contribution in [1.29, 1.82) is 0 Å². The van der Waals surface area contributed by atoms with Gasteiger partial charge in [-0.05, 0) is 46.6 Å². The molecular weight excluding hydrogens is 306 g/mol. The summed E-state index contributed by atoms with van der Waals surface area (Å²) < 4.78 is 0. The maximum absolute atomic E-state index is 12.9. The normalized spacial score (nSPS) is 13.4. The molecule has 1 unspecified atom stereocenters. The molecule has 2 heteroatoms. The molecule has 0 fully saturated rings. The second-order valence-electron chi connectivity index (χ2n) is 8.90. The highest BCUT2D eigenvalue weighted by Crippen LogP contribution is 2.30. The third-order valence-corrected chi connectivity index (χ3v) is 4.57. The first-order chi connectivity index (χ1) is 11.5. The van der Waals surface area contributed by atoms with Crippen molar-refractivity contribution in [2.45, 2.75) is 65.3 Å². The number of benzene rings is 2. The lowest BCUT2D eigenvalue weighted by Gasteiger charge is -2.26. The molecule has 0 bridgehead atoms. The zero-order valence-corrected chi connectivity index (χ0v) is 16.6. The van der Waals surface area contributed by atoms with Gasteiger partial charge in [-0.15, -0.1) is 0 Å². The van der Waals surface area contributed by atoms with Crippen LogP contribution in [0.5, 0.6) is 0 Å². The van der Waals surface area contributed by atoms with Crippen molar-refractivity contribution in [3.63, 3.8) is 0 Å². The van der Waals surface area contributed by atoms with Crippen LogP contribution in [-0.2, 0) is 10.8 Å². The molecule has 0 radical (unpaired) electrons. The standard InChI is InChI=1S/C23H31NO/c1-16(17-11-9-8-10-12-17)24-21(25)18-13-19(22(2,3)4)15-20(14-18)23(5,6)7/h8-16H,1-7H3,(H,24,25). The minimum absolute atomic E-state index is 0.00133. The van der Waals surface area contributed by atoms with Crippen LogP contribution in [0.25, 0.3) is 0 Å². The first-order valence-electron chi connectivity index (χ1n) is 9.00. The Labute approximate surface area is 152 Å². The quantitative estimate of drug-likeness (QED) is 0.756. The summed E-state index contributed by atoms with van der Waals surface area (Å²) in [4.78, 5) is 12.9. The Morgan fingerprint density at radius 3 is 1.76 bits per heavy atom. The fraction of sp³-hybridized carbons (Fsp3) is 0.435. The first kappa shape index (κ1) is 19.2. The number of nitrogens with one attached hydrogen (secondary N) is 1. The summed E-state index contributed by atoms with van der Waals surface area (Å²) >= 11 is 0. The van der Waals surface area contributed by atoms with Crippen molar-refractivity contribution >= 4 is 5.91 Å². The zero-order chi connectivity index (χ0) is 18.8. The van der Waals surface area contributed by atoms with Gasteiger partial charge in [0.1, 0.15) is 0 Å². The van der Waals surface area contributed by atoms with Gasteiger partial charge in [0.2, 0.25) is 0 Å². The number of carbonyl (C=O) groups is 1. The molecule has 0 aliphatic rings.